The fourth-order valence-electron chi connectivity index (χ4n) is 4.74. The number of fused-ring (bicyclic) bond motifs is 2. The third-order valence-electron chi connectivity index (χ3n) is 6.25. The van der Waals surface area contributed by atoms with Crippen molar-refractivity contribution in [2.45, 2.75) is 96.2 Å². The van der Waals surface area contributed by atoms with E-state index in [1.165, 1.54) is 19.3 Å². The Morgan fingerprint density at radius 1 is 1.15 bits per heavy atom. The van der Waals surface area contributed by atoms with E-state index < -0.39 is 5.97 Å². The Labute approximate surface area is 159 Å². The van der Waals surface area contributed by atoms with Crippen molar-refractivity contribution in [2.75, 3.05) is 6.61 Å². The molecule has 0 spiro atoms. The normalized spacial score (nSPS) is 28.8. The van der Waals surface area contributed by atoms with Crippen LogP contribution in [0.1, 0.15) is 84.0 Å². The fraction of sp³-hybridized carbons (Fsp3) is 0.864. The minimum absolute atomic E-state index is 0.147. The van der Waals surface area contributed by atoms with Crippen LogP contribution in [-0.4, -0.2) is 35.0 Å². The number of rotatable bonds is 14. The molecule has 5 atom stereocenters. The molecule has 26 heavy (non-hydrogen) atoms. The van der Waals surface area contributed by atoms with Crippen LogP contribution in [-0.2, 0) is 9.53 Å². The largest absolute Gasteiger partial charge is 0.481 e. The lowest BCUT2D eigenvalue weighted by molar-refractivity contribution is -0.137. The van der Waals surface area contributed by atoms with E-state index >= 15 is 0 Å². The summed E-state index contributed by atoms with van der Waals surface area (Å²) < 4.78 is 5.95. The van der Waals surface area contributed by atoms with E-state index in [1.54, 1.807) is 0 Å². The number of hydrogen-bond donors (Lipinski definition) is 2. The maximum absolute atomic E-state index is 10.5. The first-order chi connectivity index (χ1) is 12.6. The molecule has 0 radical (unpaired) electrons. The van der Waals surface area contributed by atoms with Gasteiger partial charge in [-0.1, -0.05) is 38.3 Å². The minimum Gasteiger partial charge on any atom is -0.481 e. The van der Waals surface area contributed by atoms with Gasteiger partial charge in [-0.25, -0.2) is 0 Å². The Hall–Kier alpha value is -0.870. The van der Waals surface area contributed by atoms with E-state index in [0.29, 0.717) is 23.9 Å². The number of ether oxygens (including phenoxy) is 1. The molecule has 4 nitrogen and oxygen atoms in total. The van der Waals surface area contributed by atoms with Crippen LogP contribution in [0.2, 0.25) is 0 Å². The zero-order valence-corrected chi connectivity index (χ0v) is 16.4. The fourth-order valence-corrected chi connectivity index (χ4v) is 4.74. The average molecular weight is 367 g/mol. The molecule has 2 fully saturated rings. The monoisotopic (exact) mass is 366 g/mol. The van der Waals surface area contributed by atoms with Crippen LogP contribution < -0.4 is 0 Å². The summed E-state index contributed by atoms with van der Waals surface area (Å²) in [6.45, 7) is 3.11. The Kier molecular flexibility index (Phi) is 9.69. The van der Waals surface area contributed by atoms with Crippen molar-refractivity contribution in [3.05, 3.63) is 12.2 Å². The molecule has 1 saturated carbocycles. The predicted octanol–water partition coefficient (Wildman–Crippen LogP) is 4.95. The van der Waals surface area contributed by atoms with Crippen molar-refractivity contribution in [1.29, 1.82) is 0 Å². The van der Waals surface area contributed by atoms with Gasteiger partial charge in [0, 0.05) is 6.42 Å². The second kappa shape index (κ2) is 11.8. The molecular weight excluding hydrogens is 328 g/mol. The molecule has 2 bridgehead atoms. The lowest BCUT2D eigenvalue weighted by atomic mass is 9.81. The standard InChI is InChI=1S/C22H38O4/c1-2-3-7-10-18(23)13-14-20-19(17-15-21(20)26-16-17)11-8-5-4-6-9-12-22(24)25/h5,8,17-21,23H,2-4,6-7,9-16H2,1H3,(H,24,25)/b8-5-/t17-,18+,19+,20?,21-/m1/s1. The Bertz CT molecular complexity index is 434. The van der Waals surface area contributed by atoms with E-state index in [9.17, 15) is 9.90 Å². The summed E-state index contributed by atoms with van der Waals surface area (Å²) in [6.07, 6.45) is 16.6. The molecule has 2 rings (SSSR count). The first kappa shape index (κ1) is 21.4. The van der Waals surface area contributed by atoms with Crippen LogP contribution in [0.5, 0.6) is 0 Å². The minimum atomic E-state index is -0.698. The maximum atomic E-state index is 10.5. The van der Waals surface area contributed by atoms with Crippen molar-refractivity contribution >= 4 is 5.97 Å². The van der Waals surface area contributed by atoms with Gasteiger partial charge in [-0.05, 0) is 69.1 Å². The van der Waals surface area contributed by atoms with Crippen molar-refractivity contribution in [3.63, 3.8) is 0 Å². The maximum Gasteiger partial charge on any atom is 0.303 e. The van der Waals surface area contributed by atoms with Crippen LogP contribution >= 0.6 is 0 Å². The first-order valence-electron chi connectivity index (χ1n) is 10.8. The molecule has 1 heterocycles. The van der Waals surface area contributed by atoms with Crippen LogP contribution in [0.15, 0.2) is 12.2 Å². The molecule has 1 aliphatic heterocycles. The quantitative estimate of drug-likeness (QED) is 0.337. The van der Waals surface area contributed by atoms with Crippen molar-refractivity contribution in [2.24, 2.45) is 17.8 Å². The number of aliphatic carboxylic acids is 1. The molecular formula is C22H38O4. The summed E-state index contributed by atoms with van der Waals surface area (Å²) in [5.41, 5.74) is 0. The number of carboxylic acid groups (broad SMARTS) is 1. The van der Waals surface area contributed by atoms with Gasteiger partial charge in [-0.2, -0.15) is 0 Å². The highest BCUT2D eigenvalue weighted by molar-refractivity contribution is 5.66. The highest BCUT2D eigenvalue weighted by atomic mass is 16.5. The zero-order valence-electron chi connectivity index (χ0n) is 16.4. The molecule has 2 N–H and O–H groups in total. The first-order valence-corrected chi connectivity index (χ1v) is 10.8. The third kappa shape index (κ3) is 7.03. The molecule has 4 heteroatoms. The smallest absolute Gasteiger partial charge is 0.303 e. The number of aliphatic hydroxyl groups excluding tert-OH is 1. The van der Waals surface area contributed by atoms with Crippen LogP contribution in [0, 0.1) is 17.8 Å². The lowest BCUT2D eigenvalue weighted by Gasteiger charge is -2.31. The average Bonchev–Trinajstić information content (AvgIpc) is 3.20. The molecule has 1 aliphatic carbocycles. The molecule has 0 aromatic heterocycles. The summed E-state index contributed by atoms with van der Waals surface area (Å²) >= 11 is 0. The van der Waals surface area contributed by atoms with Crippen molar-refractivity contribution in [1.82, 2.24) is 0 Å². The van der Waals surface area contributed by atoms with E-state index in [1.807, 2.05) is 0 Å². The number of aliphatic hydroxyl groups is 1. The third-order valence-corrected chi connectivity index (χ3v) is 6.25. The number of carboxylic acids is 1. The van der Waals surface area contributed by atoms with Gasteiger partial charge in [0.15, 0.2) is 0 Å². The Balaban J connectivity index is 1.68. The van der Waals surface area contributed by atoms with Gasteiger partial charge in [0.25, 0.3) is 0 Å². The molecule has 0 amide bonds. The van der Waals surface area contributed by atoms with Gasteiger partial charge < -0.3 is 14.9 Å². The van der Waals surface area contributed by atoms with Gasteiger partial charge in [0.05, 0.1) is 18.8 Å². The number of allylic oxidation sites excluding steroid dienone is 2. The number of hydrogen-bond acceptors (Lipinski definition) is 3. The summed E-state index contributed by atoms with van der Waals surface area (Å²) in [4.78, 5) is 10.5. The zero-order chi connectivity index (χ0) is 18.8. The van der Waals surface area contributed by atoms with Gasteiger partial charge in [0.2, 0.25) is 0 Å². The molecule has 1 unspecified atom stereocenters. The highest BCUT2D eigenvalue weighted by Gasteiger charge is 2.47. The lowest BCUT2D eigenvalue weighted by Crippen LogP contribution is -2.29. The van der Waals surface area contributed by atoms with Gasteiger partial charge >= 0.3 is 5.97 Å². The topological polar surface area (TPSA) is 66.8 Å². The van der Waals surface area contributed by atoms with E-state index in [4.69, 9.17) is 9.84 Å². The van der Waals surface area contributed by atoms with Crippen LogP contribution in [0.4, 0.5) is 0 Å². The van der Waals surface area contributed by atoms with Crippen LogP contribution in [0.3, 0.4) is 0 Å². The molecule has 0 aromatic carbocycles. The summed E-state index contributed by atoms with van der Waals surface area (Å²) in [7, 11) is 0. The van der Waals surface area contributed by atoms with E-state index in [-0.39, 0.29) is 12.5 Å². The van der Waals surface area contributed by atoms with Crippen molar-refractivity contribution in [3.8, 4) is 0 Å². The SMILES string of the molecule is CCCCC[C@H](O)CCC1[C@@H](C/C=C\CCCCC(=O)O)[C@H]2CO[C@@H]1C2. The van der Waals surface area contributed by atoms with Gasteiger partial charge in [-0.3, -0.25) is 4.79 Å². The number of unbranched alkanes of at least 4 members (excludes halogenated alkanes) is 4. The molecule has 2 aliphatic rings. The van der Waals surface area contributed by atoms with E-state index in [0.717, 1.165) is 58.0 Å². The number of carbonyl (C=O) groups is 1. The predicted molar refractivity (Wildman–Crippen MR) is 104 cm³/mol. The Morgan fingerprint density at radius 2 is 2.00 bits per heavy atom. The molecule has 1 saturated heterocycles. The van der Waals surface area contributed by atoms with E-state index in [2.05, 4.69) is 19.1 Å². The molecule has 150 valence electrons. The van der Waals surface area contributed by atoms with Gasteiger partial charge in [-0.15, -0.1) is 0 Å². The Morgan fingerprint density at radius 3 is 2.77 bits per heavy atom. The summed E-state index contributed by atoms with van der Waals surface area (Å²) in [5.74, 6) is 1.30. The molecule has 0 aromatic rings. The highest BCUT2D eigenvalue weighted by Crippen LogP contribution is 2.48. The summed E-state index contributed by atoms with van der Waals surface area (Å²) in [6, 6.07) is 0. The van der Waals surface area contributed by atoms with Crippen LogP contribution in [0.25, 0.3) is 0 Å². The second-order valence-electron chi connectivity index (χ2n) is 8.27. The summed E-state index contributed by atoms with van der Waals surface area (Å²) in [5, 5.41) is 18.9. The van der Waals surface area contributed by atoms with Gasteiger partial charge in [0.1, 0.15) is 0 Å². The second-order valence-corrected chi connectivity index (χ2v) is 8.27. The van der Waals surface area contributed by atoms with Crippen molar-refractivity contribution < 1.29 is 19.7 Å².